The number of rotatable bonds is 7. The van der Waals surface area contributed by atoms with E-state index in [9.17, 15) is 13.6 Å². The van der Waals surface area contributed by atoms with Crippen molar-refractivity contribution in [1.82, 2.24) is 4.98 Å². The predicted octanol–water partition coefficient (Wildman–Crippen LogP) is 7.17. The zero-order valence-electron chi connectivity index (χ0n) is 19.0. The van der Waals surface area contributed by atoms with Gasteiger partial charge in [0.25, 0.3) is 0 Å². The number of hydrogen-bond donors (Lipinski definition) is 0. The van der Waals surface area contributed by atoms with Gasteiger partial charge < -0.3 is 9.47 Å². The summed E-state index contributed by atoms with van der Waals surface area (Å²) in [6.07, 6.45) is 2.45. The van der Waals surface area contributed by atoms with Crippen molar-refractivity contribution in [2.24, 2.45) is 0 Å². The standard InChI is InChI=1S/C27H24ClF2NO3/c1-3-33-27(32)26-16(2)10-12-23(31-26)20-8-5-7-19(20)21-14-18(28)11-13-24(21)34-15-17-6-4-9-22(29)25(17)30/h4,6,9-14H,3,5,7-8,15H2,1-2H3. The number of hydrogen-bond acceptors (Lipinski definition) is 4. The molecule has 1 aliphatic carbocycles. The van der Waals surface area contributed by atoms with Gasteiger partial charge in [-0.3, -0.25) is 0 Å². The lowest BCUT2D eigenvalue weighted by molar-refractivity contribution is 0.0518. The van der Waals surface area contributed by atoms with Crippen molar-refractivity contribution in [2.75, 3.05) is 6.61 Å². The van der Waals surface area contributed by atoms with Gasteiger partial charge in [-0.15, -0.1) is 0 Å². The van der Waals surface area contributed by atoms with Crippen LogP contribution in [0, 0.1) is 18.6 Å². The molecule has 0 N–H and O–H groups in total. The van der Waals surface area contributed by atoms with Crippen LogP contribution >= 0.6 is 11.6 Å². The lowest BCUT2D eigenvalue weighted by Gasteiger charge is -2.16. The number of aryl methyl sites for hydroxylation is 1. The summed E-state index contributed by atoms with van der Waals surface area (Å²) in [7, 11) is 0. The molecule has 0 atom stereocenters. The number of allylic oxidation sites excluding steroid dienone is 2. The van der Waals surface area contributed by atoms with Crippen LogP contribution in [0.3, 0.4) is 0 Å². The molecule has 3 aromatic rings. The molecule has 1 aromatic heterocycles. The summed E-state index contributed by atoms with van der Waals surface area (Å²) in [5.74, 6) is -1.78. The van der Waals surface area contributed by atoms with Crippen LogP contribution in [-0.2, 0) is 11.3 Å². The molecule has 0 fully saturated rings. The van der Waals surface area contributed by atoms with E-state index in [4.69, 9.17) is 21.1 Å². The molecule has 0 unspecified atom stereocenters. The number of benzene rings is 2. The van der Waals surface area contributed by atoms with Gasteiger partial charge in [0.2, 0.25) is 0 Å². The molecule has 1 heterocycles. The van der Waals surface area contributed by atoms with Gasteiger partial charge in [0.1, 0.15) is 12.4 Å². The molecule has 176 valence electrons. The Kier molecular flexibility index (Phi) is 7.27. The number of esters is 1. The number of aromatic nitrogens is 1. The average Bonchev–Trinajstić information content (AvgIpc) is 3.31. The van der Waals surface area contributed by atoms with Crippen LogP contribution in [0.5, 0.6) is 5.75 Å². The van der Waals surface area contributed by atoms with Gasteiger partial charge in [-0.2, -0.15) is 0 Å². The fourth-order valence-electron chi connectivity index (χ4n) is 4.11. The normalized spacial score (nSPS) is 13.3. The second-order valence-electron chi connectivity index (χ2n) is 8.04. The van der Waals surface area contributed by atoms with E-state index in [2.05, 4.69) is 4.98 Å². The summed E-state index contributed by atoms with van der Waals surface area (Å²) in [6.45, 7) is 3.72. The number of nitrogens with zero attached hydrogens (tertiary/aromatic N) is 1. The molecular formula is C27H24ClF2NO3. The van der Waals surface area contributed by atoms with Crippen LogP contribution in [0.4, 0.5) is 8.78 Å². The maximum Gasteiger partial charge on any atom is 0.357 e. The van der Waals surface area contributed by atoms with Gasteiger partial charge in [-0.1, -0.05) is 29.8 Å². The van der Waals surface area contributed by atoms with E-state index in [-0.39, 0.29) is 18.8 Å². The van der Waals surface area contributed by atoms with Crippen molar-refractivity contribution in [3.8, 4) is 5.75 Å². The van der Waals surface area contributed by atoms with Gasteiger partial charge in [-0.25, -0.2) is 18.6 Å². The first-order valence-electron chi connectivity index (χ1n) is 11.1. The third-order valence-corrected chi connectivity index (χ3v) is 6.01. The van der Waals surface area contributed by atoms with Crippen molar-refractivity contribution >= 4 is 28.7 Å². The Labute approximate surface area is 202 Å². The molecule has 2 aromatic carbocycles. The van der Waals surface area contributed by atoms with E-state index < -0.39 is 17.6 Å². The van der Waals surface area contributed by atoms with Crippen LogP contribution in [0.1, 0.15) is 59.1 Å². The number of pyridine rings is 1. The highest BCUT2D eigenvalue weighted by Crippen LogP contribution is 2.43. The van der Waals surface area contributed by atoms with E-state index in [0.717, 1.165) is 47.6 Å². The van der Waals surface area contributed by atoms with Gasteiger partial charge in [0, 0.05) is 16.1 Å². The minimum Gasteiger partial charge on any atom is -0.488 e. The van der Waals surface area contributed by atoms with E-state index in [1.54, 1.807) is 25.1 Å². The Morgan fingerprint density at radius 3 is 2.68 bits per heavy atom. The first kappa shape index (κ1) is 23.9. The summed E-state index contributed by atoms with van der Waals surface area (Å²) >= 11 is 6.31. The topological polar surface area (TPSA) is 48.4 Å². The van der Waals surface area contributed by atoms with Gasteiger partial charge in [-0.05, 0) is 80.2 Å². The van der Waals surface area contributed by atoms with Gasteiger partial charge in [0.05, 0.1) is 12.3 Å². The summed E-state index contributed by atoms with van der Waals surface area (Å²) in [4.78, 5) is 17.0. The van der Waals surface area contributed by atoms with Crippen LogP contribution in [0.15, 0.2) is 48.5 Å². The van der Waals surface area contributed by atoms with Crippen molar-refractivity contribution < 1.29 is 23.0 Å². The molecule has 1 aliphatic rings. The number of carbonyl (C=O) groups is 1. The number of halogens is 3. The highest BCUT2D eigenvalue weighted by molar-refractivity contribution is 6.30. The molecule has 0 spiro atoms. The van der Waals surface area contributed by atoms with E-state index in [0.29, 0.717) is 22.2 Å². The number of carbonyl (C=O) groups excluding carboxylic acids is 1. The Morgan fingerprint density at radius 1 is 1.09 bits per heavy atom. The maximum atomic E-state index is 14.1. The van der Waals surface area contributed by atoms with Crippen LogP contribution in [0.25, 0.3) is 11.1 Å². The molecule has 4 nitrogen and oxygen atoms in total. The average molecular weight is 484 g/mol. The minimum atomic E-state index is -0.922. The molecule has 0 aliphatic heterocycles. The lowest BCUT2D eigenvalue weighted by Crippen LogP contribution is -2.10. The van der Waals surface area contributed by atoms with Crippen LogP contribution < -0.4 is 4.74 Å². The Morgan fingerprint density at radius 2 is 1.88 bits per heavy atom. The smallest absolute Gasteiger partial charge is 0.357 e. The monoisotopic (exact) mass is 483 g/mol. The Bertz CT molecular complexity index is 1270. The van der Waals surface area contributed by atoms with Crippen LogP contribution in [-0.4, -0.2) is 17.6 Å². The molecule has 0 saturated carbocycles. The summed E-state index contributed by atoms with van der Waals surface area (Å²) < 4.78 is 38.8. The maximum absolute atomic E-state index is 14.1. The quantitative estimate of drug-likeness (QED) is 0.334. The summed E-state index contributed by atoms with van der Waals surface area (Å²) in [6, 6.07) is 13.0. The van der Waals surface area contributed by atoms with Gasteiger partial charge >= 0.3 is 5.97 Å². The molecule has 0 bridgehead atoms. The first-order valence-corrected chi connectivity index (χ1v) is 11.5. The SMILES string of the molecule is CCOC(=O)c1nc(C2=C(c3cc(Cl)ccc3OCc3cccc(F)c3F)CCC2)ccc1C. The third kappa shape index (κ3) is 4.97. The number of ether oxygens (including phenoxy) is 2. The molecule has 0 radical (unpaired) electrons. The fourth-order valence-corrected chi connectivity index (χ4v) is 4.28. The molecule has 0 amide bonds. The Hall–Kier alpha value is -3.25. The molecule has 0 saturated heterocycles. The molecule has 34 heavy (non-hydrogen) atoms. The Balaban J connectivity index is 1.72. The first-order chi connectivity index (χ1) is 16.4. The largest absolute Gasteiger partial charge is 0.488 e. The molecular weight excluding hydrogens is 460 g/mol. The minimum absolute atomic E-state index is 0.126. The van der Waals surface area contributed by atoms with Crippen molar-refractivity contribution in [3.63, 3.8) is 0 Å². The summed E-state index contributed by atoms with van der Waals surface area (Å²) in [5, 5.41) is 0.530. The summed E-state index contributed by atoms with van der Waals surface area (Å²) in [5.41, 5.74) is 4.63. The van der Waals surface area contributed by atoms with E-state index in [1.807, 2.05) is 19.1 Å². The molecule has 4 rings (SSSR count). The van der Waals surface area contributed by atoms with Crippen molar-refractivity contribution in [2.45, 2.75) is 39.7 Å². The second kappa shape index (κ2) is 10.3. The highest BCUT2D eigenvalue weighted by atomic mass is 35.5. The molecule has 7 heteroatoms. The second-order valence-corrected chi connectivity index (χ2v) is 8.47. The van der Waals surface area contributed by atoms with E-state index in [1.165, 1.54) is 12.1 Å². The zero-order valence-corrected chi connectivity index (χ0v) is 19.7. The van der Waals surface area contributed by atoms with Crippen molar-refractivity contribution in [3.05, 3.63) is 93.3 Å². The highest BCUT2D eigenvalue weighted by Gasteiger charge is 2.23. The van der Waals surface area contributed by atoms with Gasteiger partial charge in [0.15, 0.2) is 17.3 Å². The predicted molar refractivity (Wildman–Crippen MR) is 128 cm³/mol. The van der Waals surface area contributed by atoms with Crippen LogP contribution in [0.2, 0.25) is 5.02 Å². The lowest BCUT2D eigenvalue weighted by atomic mass is 9.98. The fraction of sp³-hybridized carbons (Fsp3) is 0.259. The van der Waals surface area contributed by atoms with E-state index >= 15 is 0 Å². The zero-order chi connectivity index (χ0) is 24.2. The van der Waals surface area contributed by atoms with Crippen molar-refractivity contribution in [1.29, 1.82) is 0 Å². The third-order valence-electron chi connectivity index (χ3n) is 5.77.